The topological polar surface area (TPSA) is 66.8 Å². The van der Waals surface area contributed by atoms with Crippen molar-refractivity contribution in [1.29, 1.82) is 0 Å². The van der Waals surface area contributed by atoms with E-state index >= 15 is 0 Å². The minimum atomic E-state index is -2.95. The molecule has 1 N–H and O–H groups in total. The van der Waals surface area contributed by atoms with Crippen molar-refractivity contribution in [2.75, 3.05) is 37.7 Å². The molecule has 1 aliphatic heterocycles. The molecule has 0 bridgehead atoms. The highest BCUT2D eigenvalue weighted by Gasteiger charge is 2.21. The number of hydrogen-bond donors (Lipinski definition) is 1. The van der Waals surface area contributed by atoms with Crippen LogP contribution in [0.25, 0.3) is 0 Å². The number of para-hydroxylation sites is 1. The van der Waals surface area contributed by atoms with E-state index < -0.39 is 21.8 Å². The Morgan fingerprint density at radius 1 is 1.29 bits per heavy atom. The number of aliphatic hydroxyl groups excluding tert-OH is 1. The van der Waals surface area contributed by atoms with Crippen LogP contribution in [-0.4, -0.2) is 62.3 Å². The molecule has 1 saturated heterocycles. The van der Waals surface area contributed by atoms with Crippen molar-refractivity contribution in [2.24, 2.45) is 0 Å². The molecule has 7 heteroatoms. The minimum absolute atomic E-state index is 0.0236. The van der Waals surface area contributed by atoms with Gasteiger partial charge in [-0.2, -0.15) is 0 Å². The third kappa shape index (κ3) is 5.26. The van der Waals surface area contributed by atoms with Crippen molar-refractivity contribution < 1.29 is 22.7 Å². The normalized spacial score (nSPS) is 20.7. The molecular formula is C14H20FNO4S. The van der Waals surface area contributed by atoms with Crippen LogP contribution in [0.5, 0.6) is 5.75 Å². The van der Waals surface area contributed by atoms with Gasteiger partial charge in [-0.1, -0.05) is 12.1 Å². The zero-order valence-corrected chi connectivity index (χ0v) is 12.6. The van der Waals surface area contributed by atoms with E-state index in [0.29, 0.717) is 26.1 Å². The van der Waals surface area contributed by atoms with E-state index in [1.807, 2.05) is 4.90 Å². The van der Waals surface area contributed by atoms with Crippen molar-refractivity contribution >= 4 is 9.84 Å². The second-order valence-corrected chi connectivity index (χ2v) is 7.50. The standard InChI is InChI=1S/C14H20FNO4S/c15-13-4-1-2-5-14(13)20-11-12(17)10-16-6-3-8-21(18,19)9-7-16/h1-2,4-5,12,17H,3,6-11H2. The molecule has 0 saturated carbocycles. The predicted molar refractivity (Wildman–Crippen MR) is 77.6 cm³/mol. The van der Waals surface area contributed by atoms with E-state index in [-0.39, 0.29) is 23.9 Å². The summed E-state index contributed by atoms with van der Waals surface area (Å²) < 4.78 is 41.6. The molecule has 1 aromatic rings. The van der Waals surface area contributed by atoms with Gasteiger partial charge in [0.25, 0.3) is 0 Å². The number of nitrogens with zero attached hydrogens (tertiary/aromatic N) is 1. The molecule has 0 aliphatic carbocycles. The Hall–Kier alpha value is -1.18. The van der Waals surface area contributed by atoms with Crippen molar-refractivity contribution in [1.82, 2.24) is 4.90 Å². The summed E-state index contributed by atoms with van der Waals surface area (Å²) in [6.45, 7) is 1.35. The van der Waals surface area contributed by atoms with Gasteiger partial charge in [-0.15, -0.1) is 0 Å². The van der Waals surface area contributed by atoms with E-state index in [2.05, 4.69) is 0 Å². The molecule has 0 spiro atoms. The molecule has 1 fully saturated rings. The highest BCUT2D eigenvalue weighted by Crippen LogP contribution is 2.15. The SMILES string of the molecule is O=S1(=O)CCCN(CC(O)COc2ccccc2F)CC1. The number of sulfone groups is 1. The number of aliphatic hydroxyl groups is 1. The highest BCUT2D eigenvalue weighted by atomic mass is 32.2. The van der Waals surface area contributed by atoms with Gasteiger partial charge in [0.2, 0.25) is 0 Å². The Labute approximate surface area is 124 Å². The molecule has 1 unspecified atom stereocenters. The molecular weight excluding hydrogens is 297 g/mol. The molecule has 1 aliphatic rings. The Balaban J connectivity index is 1.79. The molecule has 0 radical (unpaired) electrons. The van der Waals surface area contributed by atoms with Gasteiger partial charge in [-0.25, -0.2) is 12.8 Å². The number of ether oxygens (including phenoxy) is 1. The van der Waals surface area contributed by atoms with E-state index in [9.17, 15) is 17.9 Å². The highest BCUT2D eigenvalue weighted by molar-refractivity contribution is 7.91. The second kappa shape index (κ2) is 7.20. The van der Waals surface area contributed by atoms with Gasteiger partial charge in [0, 0.05) is 13.1 Å². The first kappa shape index (κ1) is 16.2. The summed E-state index contributed by atoms with van der Waals surface area (Å²) >= 11 is 0. The average Bonchev–Trinajstić information content (AvgIpc) is 2.59. The number of halogens is 1. The van der Waals surface area contributed by atoms with Gasteiger partial charge >= 0.3 is 0 Å². The van der Waals surface area contributed by atoms with Crippen LogP contribution in [0.3, 0.4) is 0 Å². The number of rotatable bonds is 5. The van der Waals surface area contributed by atoms with E-state index in [1.54, 1.807) is 12.1 Å². The number of β-amino-alcohol motifs (C(OH)–C–C–N with tert-alkyl or cyclic N) is 1. The fourth-order valence-corrected chi connectivity index (χ4v) is 3.58. The van der Waals surface area contributed by atoms with Crippen LogP contribution in [0.2, 0.25) is 0 Å². The first-order valence-corrected chi connectivity index (χ1v) is 8.76. The zero-order valence-electron chi connectivity index (χ0n) is 11.7. The lowest BCUT2D eigenvalue weighted by molar-refractivity contribution is 0.0693. The average molecular weight is 317 g/mol. The third-order valence-corrected chi connectivity index (χ3v) is 5.10. The van der Waals surface area contributed by atoms with Gasteiger partial charge in [0.15, 0.2) is 21.4 Å². The number of hydrogen-bond acceptors (Lipinski definition) is 5. The Morgan fingerprint density at radius 2 is 2.05 bits per heavy atom. The van der Waals surface area contributed by atoms with Crippen molar-refractivity contribution in [3.05, 3.63) is 30.1 Å². The largest absolute Gasteiger partial charge is 0.488 e. The van der Waals surface area contributed by atoms with Crippen LogP contribution < -0.4 is 4.74 Å². The van der Waals surface area contributed by atoms with Gasteiger partial charge in [-0.3, -0.25) is 4.90 Å². The maximum atomic E-state index is 13.4. The summed E-state index contributed by atoms with van der Waals surface area (Å²) in [4.78, 5) is 1.90. The molecule has 0 amide bonds. The third-order valence-electron chi connectivity index (χ3n) is 3.39. The van der Waals surface area contributed by atoms with Gasteiger partial charge in [0.1, 0.15) is 12.7 Å². The summed E-state index contributed by atoms with van der Waals surface area (Å²) in [6, 6.07) is 6.02. The lowest BCUT2D eigenvalue weighted by Gasteiger charge is -2.22. The maximum absolute atomic E-state index is 13.4. The van der Waals surface area contributed by atoms with E-state index in [4.69, 9.17) is 4.74 Å². The second-order valence-electron chi connectivity index (χ2n) is 5.20. The van der Waals surface area contributed by atoms with Crippen molar-refractivity contribution in [3.8, 4) is 5.75 Å². The molecule has 0 aromatic heterocycles. The lowest BCUT2D eigenvalue weighted by Crippen LogP contribution is -2.37. The smallest absolute Gasteiger partial charge is 0.165 e. The Kier molecular flexibility index (Phi) is 5.55. The van der Waals surface area contributed by atoms with Crippen LogP contribution in [0.4, 0.5) is 4.39 Å². The van der Waals surface area contributed by atoms with Gasteiger partial charge in [-0.05, 0) is 25.1 Å². The molecule has 1 aromatic carbocycles. The monoisotopic (exact) mass is 317 g/mol. The fourth-order valence-electron chi connectivity index (χ4n) is 2.27. The van der Waals surface area contributed by atoms with Crippen LogP contribution in [0, 0.1) is 5.82 Å². The summed E-state index contributed by atoms with van der Waals surface area (Å²) in [6.07, 6.45) is -0.214. The van der Waals surface area contributed by atoms with Gasteiger partial charge in [0.05, 0.1) is 11.5 Å². The lowest BCUT2D eigenvalue weighted by atomic mass is 10.3. The van der Waals surface area contributed by atoms with Crippen molar-refractivity contribution in [3.63, 3.8) is 0 Å². The summed E-state index contributed by atoms with van der Waals surface area (Å²) in [5.41, 5.74) is 0. The van der Waals surface area contributed by atoms with Crippen LogP contribution in [0.15, 0.2) is 24.3 Å². The molecule has 118 valence electrons. The zero-order chi connectivity index (χ0) is 15.3. The Bertz CT molecular complexity index is 564. The van der Waals surface area contributed by atoms with Crippen LogP contribution in [-0.2, 0) is 9.84 Å². The fraction of sp³-hybridized carbons (Fsp3) is 0.571. The first-order chi connectivity index (χ1) is 9.96. The summed E-state index contributed by atoms with van der Waals surface area (Å²) in [7, 11) is -2.95. The molecule has 5 nitrogen and oxygen atoms in total. The van der Waals surface area contributed by atoms with E-state index in [0.717, 1.165) is 0 Å². The minimum Gasteiger partial charge on any atom is -0.488 e. The Morgan fingerprint density at radius 3 is 2.81 bits per heavy atom. The predicted octanol–water partition coefficient (Wildman–Crippen LogP) is 0.686. The molecule has 2 rings (SSSR count). The van der Waals surface area contributed by atoms with Crippen LogP contribution >= 0.6 is 0 Å². The number of benzene rings is 1. The summed E-state index contributed by atoms with van der Waals surface area (Å²) in [5.74, 6) is -0.0419. The summed E-state index contributed by atoms with van der Waals surface area (Å²) in [5, 5.41) is 9.94. The first-order valence-electron chi connectivity index (χ1n) is 6.94. The maximum Gasteiger partial charge on any atom is 0.165 e. The van der Waals surface area contributed by atoms with Gasteiger partial charge < -0.3 is 9.84 Å². The van der Waals surface area contributed by atoms with Crippen molar-refractivity contribution in [2.45, 2.75) is 12.5 Å². The molecule has 1 heterocycles. The van der Waals surface area contributed by atoms with Crippen LogP contribution in [0.1, 0.15) is 6.42 Å². The quantitative estimate of drug-likeness (QED) is 0.865. The molecule has 1 atom stereocenters. The van der Waals surface area contributed by atoms with E-state index in [1.165, 1.54) is 12.1 Å². The molecule has 21 heavy (non-hydrogen) atoms.